The van der Waals surface area contributed by atoms with E-state index in [4.69, 9.17) is 9.47 Å². The maximum atomic E-state index is 13.6. The Morgan fingerprint density at radius 2 is 2.03 bits per heavy atom. The lowest BCUT2D eigenvalue weighted by Gasteiger charge is -2.21. The van der Waals surface area contributed by atoms with Gasteiger partial charge in [0.2, 0.25) is 0 Å². The van der Waals surface area contributed by atoms with Crippen LogP contribution < -0.4 is 10.3 Å². The average Bonchev–Trinajstić information content (AvgIpc) is 3.53. The molecule has 10 nitrogen and oxygen atoms in total. The van der Waals surface area contributed by atoms with E-state index in [1.807, 2.05) is 17.8 Å². The van der Waals surface area contributed by atoms with E-state index in [0.29, 0.717) is 36.6 Å². The molecule has 0 fully saturated rings. The zero-order valence-electron chi connectivity index (χ0n) is 20.5. The summed E-state index contributed by atoms with van der Waals surface area (Å²) in [6, 6.07) is 8.66. The standard InChI is InChI=1S/C26H29N5O5/c1-17-12-22(32)25(26(34)31(17)10-8-19-14-27-16-29-19)21(13-24(33)35-3)18-4-6-20(7-5-18)36-15-23-28-9-11-30(23)2/h4-7,9,11-12,14,16,21,32H,8,10,13,15H2,1-3H3,(H,27,29)/t21-/m1/s1. The maximum Gasteiger partial charge on any atom is 0.306 e. The van der Waals surface area contributed by atoms with E-state index in [1.165, 1.54) is 7.11 Å². The number of aromatic hydroxyl groups is 1. The topological polar surface area (TPSA) is 124 Å². The number of nitrogens with one attached hydrogen (secondary N) is 1. The van der Waals surface area contributed by atoms with E-state index in [0.717, 1.165) is 11.5 Å². The summed E-state index contributed by atoms with van der Waals surface area (Å²) in [4.78, 5) is 37.2. The second-order valence-corrected chi connectivity index (χ2v) is 8.51. The first-order valence-corrected chi connectivity index (χ1v) is 11.5. The molecule has 0 spiro atoms. The molecule has 1 atom stereocenters. The van der Waals surface area contributed by atoms with Crippen molar-refractivity contribution in [1.82, 2.24) is 24.1 Å². The Labute approximate surface area is 208 Å². The van der Waals surface area contributed by atoms with Gasteiger partial charge < -0.3 is 28.7 Å². The van der Waals surface area contributed by atoms with Crippen LogP contribution in [0.2, 0.25) is 0 Å². The average molecular weight is 492 g/mol. The molecule has 4 rings (SSSR count). The van der Waals surface area contributed by atoms with Gasteiger partial charge in [-0.3, -0.25) is 9.59 Å². The zero-order valence-corrected chi connectivity index (χ0v) is 20.5. The molecule has 3 heterocycles. The van der Waals surface area contributed by atoms with Crippen molar-refractivity contribution in [3.63, 3.8) is 0 Å². The van der Waals surface area contributed by atoms with Gasteiger partial charge in [0.1, 0.15) is 23.9 Å². The lowest BCUT2D eigenvalue weighted by Crippen LogP contribution is -2.29. The van der Waals surface area contributed by atoms with Gasteiger partial charge in [0.15, 0.2) is 0 Å². The summed E-state index contributed by atoms with van der Waals surface area (Å²) in [7, 11) is 3.19. The van der Waals surface area contributed by atoms with Crippen LogP contribution in [0.5, 0.6) is 11.5 Å². The number of ether oxygens (including phenoxy) is 2. The van der Waals surface area contributed by atoms with E-state index >= 15 is 0 Å². The summed E-state index contributed by atoms with van der Waals surface area (Å²) < 4.78 is 14.2. The van der Waals surface area contributed by atoms with Gasteiger partial charge in [0.25, 0.3) is 5.56 Å². The number of methoxy groups -OCH3 is 1. The molecule has 0 unspecified atom stereocenters. The van der Waals surface area contributed by atoms with E-state index < -0.39 is 11.9 Å². The van der Waals surface area contributed by atoms with Gasteiger partial charge in [-0.15, -0.1) is 0 Å². The van der Waals surface area contributed by atoms with Gasteiger partial charge in [0, 0.05) is 55.9 Å². The first-order chi connectivity index (χ1) is 17.4. The lowest BCUT2D eigenvalue weighted by molar-refractivity contribution is -0.140. The van der Waals surface area contributed by atoms with Gasteiger partial charge >= 0.3 is 5.97 Å². The smallest absolute Gasteiger partial charge is 0.306 e. The van der Waals surface area contributed by atoms with Crippen molar-refractivity contribution in [2.24, 2.45) is 7.05 Å². The quantitative estimate of drug-likeness (QED) is 0.327. The number of carbonyl (C=O) groups excluding carboxylic acids is 1. The SMILES string of the molecule is COC(=O)C[C@H](c1ccc(OCc2nccn2C)cc1)c1c(O)cc(C)n(CCc2cnc[nH]2)c1=O. The van der Waals surface area contributed by atoms with E-state index in [-0.39, 0.29) is 23.3 Å². The normalized spacial score (nSPS) is 11.9. The molecule has 0 amide bonds. The minimum Gasteiger partial charge on any atom is -0.507 e. The van der Waals surface area contributed by atoms with Crippen LogP contribution in [0, 0.1) is 6.92 Å². The molecule has 0 radical (unpaired) electrons. The number of rotatable bonds is 10. The van der Waals surface area contributed by atoms with Gasteiger partial charge in [-0.1, -0.05) is 12.1 Å². The summed E-state index contributed by atoms with van der Waals surface area (Å²) >= 11 is 0. The van der Waals surface area contributed by atoms with Crippen molar-refractivity contribution in [3.8, 4) is 11.5 Å². The van der Waals surface area contributed by atoms with Crippen molar-refractivity contribution >= 4 is 5.97 Å². The zero-order chi connectivity index (χ0) is 25.7. The number of hydrogen-bond donors (Lipinski definition) is 2. The number of H-pyrrole nitrogens is 1. The third-order valence-electron chi connectivity index (χ3n) is 6.20. The van der Waals surface area contributed by atoms with Crippen molar-refractivity contribution in [3.05, 3.63) is 93.9 Å². The number of imidazole rings is 2. The van der Waals surface area contributed by atoms with Crippen LogP contribution in [-0.4, -0.2) is 42.3 Å². The summed E-state index contributed by atoms with van der Waals surface area (Å²) in [5.74, 6) is 0.0527. The molecule has 3 aromatic heterocycles. The molecule has 10 heteroatoms. The fraction of sp³-hybridized carbons (Fsp3) is 0.308. The van der Waals surface area contributed by atoms with Gasteiger partial charge in [0.05, 0.1) is 25.4 Å². The van der Waals surface area contributed by atoms with Crippen LogP contribution in [0.3, 0.4) is 0 Å². The summed E-state index contributed by atoms with van der Waals surface area (Å²) in [5, 5.41) is 10.8. The molecule has 0 aliphatic carbocycles. The second kappa shape index (κ2) is 10.9. The number of pyridine rings is 1. The lowest BCUT2D eigenvalue weighted by atomic mass is 9.88. The Bertz CT molecular complexity index is 1370. The molecular weight excluding hydrogens is 462 g/mol. The molecule has 0 aliphatic rings. The molecule has 0 bridgehead atoms. The third-order valence-corrected chi connectivity index (χ3v) is 6.20. The molecule has 4 aromatic rings. The molecule has 1 aromatic carbocycles. The largest absolute Gasteiger partial charge is 0.507 e. The highest BCUT2D eigenvalue weighted by molar-refractivity contribution is 5.71. The Balaban J connectivity index is 1.64. The summed E-state index contributed by atoms with van der Waals surface area (Å²) in [6.45, 7) is 2.46. The summed E-state index contributed by atoms with van der Waals surface area (Å²) in [6.07, 6.45) is 7.30. The van der Waals surface area contributed by atoms with Crippen LogP contribution in [0.15, 0.2) is 60.0 Å². The highest BCUT2D eigenvalue weighted by Gasteiger charge is 2.26. The van der Waals surface area contributed by atoms with Crippen LogP contribution in [-0.2, 0) is 36.2 Å². The number of aromatic nitrogens is 5. The van der Waals surface area contributed by atoms with Gasteiger partial charge in [-0.05, 0) is 30.7 Å². The predicted octanol–water partition coefficient (Wildman–Crippen LogP) is 2.84. The van der Waals surface area contributed by atoms with E-state index in [1.54, 1.807) is 60.5 Å². The van der Waals surface area contributed by atoms with Crippen LogP contribution >= 0.6 is 0 Å². The maximum absolute atomic E-state index is 13.6. The van der Waals surface area contributed by atoms with Gasteiger partial charge in [-0.25, -0.2) is 9.97 Å². The fourth-order valence-corrected chi connectivity index (χ4v) is 4.14. The van der Waals surface area contributed by atoms with Gasteiger partial charge in [-0.2, -0.15) is 0 Å². The molecule has 2 N–H and O–H groups in total. The monoisotopic (exact) mass is 491 g/mol. The number of carbonyl (C=O) groups is 1. The van der Waals surface area contributed by atoms with Crippen molar-refractivity contribution in [1.29, 1.82) is 0 Å². The van der Waals surface area contributed by atoms with E-state index in [2.05, 4.69) is 15.0 Å². The molecule has 0 aliphatic heterocycles. The number of benzene rings is 1. The molecular formula is C26H29N5O5. The molecule has 36 heavy (non-hydrogen) atoms. The van der Waals surface area contributed by atoms with Crippen LogP contribution in [0.25, 0.3) is 0 Å². The molecule has 0 saturated carbocycles. The number of esters is 1. The first-order valence-electron chi connectivity index (χ1n) is 11.5. The van der Waals surface area contributed by atoms with E-state index in [9.17, 15) is 14.7 Å². The number of aryl methyl sites for hydroxylation is 3. The number of aromatic amines is 1. The minimum atomic E-state index is -0.701. The third kappa shape index (κ3) is 5.48. The highest BCUT2D eigenvalue weighted by Crippen LogP contribution is 2.33. The molecule has 0 saturated heterocycles. The Morgan fingerprint density at radius 3 is 2.67 bits per heavy atom. The van der Waals surface area contributed by atoms with Crippen molar-refractivity contribution in [2.45, 2.75) is 38.8 Å². The minimum absolute atomic E-state index is 0.101. The second-order valence-electron chi connectivity index (χ2n) is 8.51. The predicted molar refractivity (Wildman–Crippen MR) is 132 cm³/mol. The number of hydrogen-bond acceptors (Lipinski definition) is 7. The Kier molecular flexibility index (Phi) is 7.53. The Morgan fingerprint density at radius 1 is 1.25 bits per heavy atom. The van der Waals surface area contributed by atoms with Crippen molar-refractivity contribution in [2.75, 3.05) is 7.11 Å². The Hall–Kier alpha value is -4.34. The first kappa shape index (κ1) is 24.8. The van der Waals surface area contributed by atoms with Crippen molar-refractivity contribution < 1.29 is 19.4 Å². The fourth-order valence-electron chi connectivity index (χ4n) is 4.14. The van der Waals surface area contributed by atoms with Crippen LogP contribution in [0.1, 0.15) is 40.7 Å². The number of nitrogens with zero attached hydrogens (tertiary/aromatic N) is 4. The summed E-state index contributed by atoms with van der Waals surface area (Å²) in [5.41, 5.74) is 1.99. The highest BCUT2D eigenvalue weighted by atomic mass is 16.5. The molecule has 188 valence electrons. The van der Waals surface area contributed by atoms with Crippen LogP contribution in [0.4, 0.5) is 0 Å².